The maximum atomic E-state index is 12.4. The van der Waals surface area contributed by atoms with E-state index in [1.807, 2.05) is 30.3 Å². The summed E-state index contributed by atoms with van der Waals surface area (Å²) in [6.07, 6.45) is 0. The van der Waals surface area contributed by atoms with Gasteiger partial charge in [0.1, 0.15) is 12.4 Å². The van der Waals surface area contributed by atoms with Gasteiger partial charge in [0.15, 0.2) is 5.78 Å². The molecular weight excluding hydrogens is 371 g/mol. The molecule has 6 heteroatoms. The summed E-state index contributed by atoms with van der Waals surface area (Å²) in [6, 6.07) is 12.7. The lowest BCUT2D eigenvalue weighted by molar-refractivity contribution is 0.0876. The largest absolute Gasteiger partial charge is 0.489 e. The SMILES string of the molecule is CN1CCN(CC(=O)c2ccc(OCc3ccc(Cl)c(Cl)c3)cc2)CC1. The summed E-state index contributed by atoms with van der Waals surface area (Å²) in [5.74, 6) is 0.859. The summed E-state index contributed by atoms with van der Waals surface area (Å²) < 4.78 is 5.75. The van der Waals surface area contributed by atoms with E-state index >= 15 is 0 Å². The highest BCUT2D eigenvalue weighted by Gasteiger charge is 2.17. The average molecular weight is 393 g/mol. The Labute approximate surface area is 164 Å². The summed E-state index contributed by atoms with van der Waals surface area (Å²) in [4.78, 5) is 16.9. The summed E-state index contributed by atoms with van der Waals surface area (Å²) >= 11 is 11.9. The molecule has 1 aliphatic heterocycles. The Morgan fingerprint density at radius 2 is 1.69 bits per heavy atom. The Hall–Kier alpha value is -1.59. The van der Waals surface area contributed by atoms with E-state index in [9.17, 15) is 4.79 Å². The van der Waals surface area contributed by atoms with E-state index in [-0.39, 0.29) is 5.78 Å². The highest BCUT2D eigenvalue weighted by atomic mass is 35.5. The lowest BCUT2D eigenvalue weighted by Crippen LogP contribution is -2.46. The number of ketones is 1. The van der Waals surface area contributed by atoms with Crippen molar-refractivity contribution in [3.63, 3.8) is 0 Å². The minimum atomic E-state index is 0.144. The first-order chi connectivity index (χ1) is 12.5. The molecule has 0 unspecified atom stereocenters. The number of piperazine rings is 1. The van der Waals surface area contributed by atoms with Gasteiger partial charge in [-0.3, -0.25) is 9.69 Å². The van der Waals surface area contributed by atoms with Crippen molar-refractivity contribution in [3.05, 3.63) is 63.6 Å². The second-order valence-corrected chi connectivity index (χ2v) is 7.38. The monoisotopic (exact) mass is 392 g/mol. The highest BCUT2D eigenvalue weighted by molar-refractivity contribution is 6.42. The number of likely N-dealkylation sites (N-methyl/N-ethyl adjacent to an activating group) is 1. The van der Waals surface area contributed by atoms with Crippen molar-refractivity contribution >= 4 is 29.0 Å². The van der Waals surface area contributed by atoms with Crippen molar-refractivity contribution in [3.8, 4) is 5.75 Å². The van der Waals surface area contributed by atoms with Gasteiger partial charge in [0, 0.05) is 31.7 Å². The third kappa shape index (κ3) is 5.21. The minimum absolute atomic E-state index is 0.144. The molecule has 0 N–H and O–H groups in total. The molecule has 0 spiro atoms. The zero-order chi connectivity index (χ0) is 18.5. The van der Waals surface area contributed by atoms with Crippen molar-refractivity contribution < 1.29 is 9.53 Å². The van der Waals surface area contributed by atoms with E-state index in [1.54, 1.807) is 12.1 Å². The maximum absolute atomic E-state index is 12.4. The first kappa shape index (κ1) is 19.2. The van der Waals surface area contributed by atoms with Crippen LogP contribution in [0.3, 0.4) is 0 Å². The standard InChI is InChI=1S/C20H22Cl2N2O2/c1-23-8-10-24(11-9-23)13-20(25)16-3-5-17(6-4-16)26-14-15-2-7-18(21)19(22)12-15/h2-7,12H,8-11,13-14H2,1H3. The van der Waals surface area contributed by atoms with Gasteiger partial charge >= 0.3 is 0 Å². The normalized spacial score (nSPS) is 15.8. The van der Waals surface area contributed by atoms with Gasteiger partial charge in [-0.2, -0.15) is 0 Å². The number of nitrogens with zero attached hydrogens (tertiary/aromatic N) is 2. The fraction of sp³-hybridized carbons (Fsp3) is 0.350. The molecule has 0 saturated carbocycles. The van der Waals surface area contributed by atoms with Crippen LogP contribution in [-0.2, 0) is 6.61 Å². The zero-order valence-electron chi connectivity index (χ0n) is 14.8. The third-order valence-corrected chi connectivity index (χ3v) is 5.27. The Bertz CT molecular complexity index is 757. The number of hydrogen-bond acceptors (Lipinski definition) is 4. The number of halogens is 2. The topological polar surface area (TPSA) is 32.8 Å². The first-order valence-corrected chi connectivity index (χ1v) is 9.38. The third-order valence-electron chi connectivity index (χ3n) is 4.53. The van der Waals surface area contributed by atoms with Crippen molar-refractivity contribution in [1.29, 1.82) is 0 Å². The average Bonchev–Trinajstić information content (AvgIpc) is 2.65. The molecule has 2 aromatic rings. The number of carbonyl (C=O) groups is 1. The number of rotatable bonds is 6. The summed E-state index contributed by atoms with van der Waals surface area (Å²) in [5, 5.41) is 1.04. The second kappa shape index (κ2) is 8.87. The van der Waals surface area contributed by atoms with E-state index in [0.29, 0.717) is 34.5 Å². The van der Waals surface area contributed by atoms with Crippen molar-refractivity contribution in [1.82, 2.24) is 9.80 Å². The van der Waals surface area contributed by atoms with E-state index in [2.05, 4.69) is 16.8 Å². The number of benzene rings is 2. The number of hydrogen-bond donors (Lipinski definition) is 0. The molecule has 0 atom stereocenters. The Balaban J connectivity index is 1.52. The molecule has 0 aliphatic carbocycles. The number of Topliss-reactive ketones (excluding diaryl/α,β-unsaturated/α-hetero) is 1. The van der Waals surface area contributed by atoms with Gasteiger partial charge in [-0.1, -0.05) is 29.3 Å². The summed E-state index contributed by atoms with van der Waals surface area (Å²) in [7, 11) is 2.11. The molecule has 1 heterocycles. The van der Waals surface area contributed by atoms with Crippen LogP contribution < -0.4 is 4.74 Å². The zero-order valence-corrected chi connectivity index (χ0v) is 16.3. The van der Waals surface area contributed by atoms with Crippen LogP contribution in [-0.4, -0.2) is 55.4 Å². The van der Waals surface area contributed by atoms with Crippen LogP contribution in [0.2, 0.25) is 10.0 Å². The van der Waals surface area contributed by atoms with E-state index in [4.69, 9.17) is 27.9 Å². The van der Waals surface area contributed by atoms with Gasteiger partial charge < -0.3 is 9.64 Å². The van der Waals surface area contributed by atoms with Crippen molar-refractivity contribution in [2.24, 2.45) is 0 Å². The fourth-order valence-corrected chi connectivity index (χ4v) is 3.15. The molecule has 2 aromatic carbocycles. The van der Waals surface area contributed by atoms with Crippen LogP contribution in [0.5, 0.6) is 5.75 Å². The molecule has 138 valence electrons. The molecule has 1 aliphatic rings. The molecule has 0 bridgehead atoms. The quantitative estimate of drug-likeness (QED) is 0.695. The highest BCUT2D eigenvalue weighted by Crippen LogP contribution is 2.23. The van der Waals surface area contributed by atoms with Gasteiger partial charge in [-0.15, -0.1) is 0 Å². The lowest BCUT2D eigenvalue weighted by Gasteiger charge is -2.31. The molecule has 4 nitrogen and oxygen atoms in total. The van der Waals surface area contributed by atoms with Crippen LogP contribution >= 0.6 is 23.2 Å². The smallest absolute Gasteiger partial charge is 0.176 e. The van der Waals surface area contributed by atoms with E-state index in [0.717, 1.165) is 31.7 Å². The Kier molecular flexibility index (Phi) is 6.54. The van der Waals surface area contributed by atoms with E-state index in [1.165, 1.54) is 0 Å². The van der Waals surface area contributed by atoms with Crippen LogP contribution in [0, 0.1) is 0 Å². The number of carbonyl (C=O) groups excluding carboxylic acids is 1. The van der Waals surface area contributed by atoms with Crippen LogP contribution in [0.25, 0.3) is 0 Å². The molecule has 3 rings (SSSR count). The van der Waals surface area contributed by atoms with Gasteiger partial charge in [0.25, 0.3) is 0 Å². The Morgan fingerprint density at radius 1 is 1.00 bits per heavy atom. The predicted molar refractivity (Wildman–Crippen MR) is 106 cm³/mol. The molecular formula is C20H22Cl2N2O2. The molecule has 1 fully saturated rings. The molecule has 26 heavy (non-hydrogen) atoms. The van der Waals surface area contributed by atoms with Crippen molar-refractivity contribution in [2.45, 2.75) is 6.61 Å². The van der Waals surface area contributed by atoms with Gasteiger partial charge in [-0.05, 0) is 49.0 Å². The fourth-order valence-electron chi connectivity index (χ4n) is 2.83. The maximum Gasteiger partial charge on any atom is 0.176 e. The van der Waals surface area contributed by atoms with Crippen LogP contribution in [0.15, 0.2) is 42.5 Å². The summed E-state index contributed by atoms with van der Waals surface area (Å²) in [5.41, 5.74) is 1.65. The van der Waals surface area contributed by atoms with Crippen LogP contribution in [0.1, 0.15) is 15.9 Å². The van der Waals surface area contributed by atoms with Crippen molar-refractivity contribution in [2.75, 3.05) is 39.8 Å². The van der Waals surface area contributed by atoms with Gasteiger partial charge in [0.05, 0.1) is 16.6 Å². The lowest BCUT2D eigenvalue weighted by atomic mass is 10.1. The summed E-state index contributed by atoms with van der Waals surface area (Å²) in [6.45, 7) is 4.76. The Morgan fingerprint density at radius 3 is 2.35 bits per heavy atom. The minimum Gasteiger partial charge on any atom is -0.489 e. The van der Waals surface area contributed by atoms with E-state index < -0.39 is 0 Å². The van der Waals surface area contributed by atoms with Gasteiger partial charge in [-0.25, -0.2) is 0 Å². The second-order valence-electron chi connectivity index (χ2n) is 6.56. The molecule has 0 amide bonds. The molecule has 0 radical (unpaired) electrons. The predicted octanol–water partition coefficient (Wildman–Crippen LogP) is 4.00. The molecule has 1 saturated heterocycles. The number of ether oxygens (including phenoxy) is 1. The first-order valence-electron chi connectivity index (χ1n) is 8.62. The van der Waals surface area contributed by atoms with Gasteiger partial charge in [0.2, 0.25) is 0 Å². The van der Waals surface area contributed by atoms with Crippen LogP contribution in [0.4, 0.5) is 0 Å². The molecule has 0 aromatic heterocycles.